The second-order valence-electron chi connectivity index (χ2n) is 5.54. The lowest BCUT2D eigenvalue weighted by molar-refractivity contribution is -0.116. The van der Waals surface area contributed by atoms with Crippen LogP contribution in [0.25, 0.3) is 0 Å². The van der Waals surface area contributed by atoms with E-state index in [4.69, 9.17) is 14.2 Å². The number of carbonyl (C=O) groups is 1. The first-order valence-corrected chi connectivity index (χ1v) is 8.59. The van der Waals surface area contributed by atoms with Crippen LogP contribution < -0.4 is 19.5 Å². The molecule has 2 aromatic carbocycles. The lowest BCUT2D eigenvalue weighted by Gasteiger charge is -2.13. The number of anilines is 1. The van der Waals surface area contributed by atoms with Gasteiger partial charge in [-0.2, -0.15) is 0 Å². The van der Waals surface area contributed by atoms with Crippen LogP contribution >= 0.6 is 0 Å². The number of rotatable bonds is 9. The summed E-state index contributed by atoms with van der Waals surface area (Å²) in [6.45, 7) is 4.79. The topological polar surface area (TPSA) is 56.8 Å². The summed E-state index contributed by atoms with van der Waals surface area (Å²) in [6, 6.07) is 9.98. The number of hydrogen-bond acceptors (Lipinski definition) is 4. The Balaban J connectivity index is 2.02. The molecule has 0 bridgehead atoms. The Labute approximate surface area is 153 Å². The number of nitrogens with one attached hydrogen (secondary N) is 1. The number of halogens is 1. The van der Waals surface area contributed by atoms with Crippen LogP contribution in [-0.4, -0.2) is 26.2 Å². The molecule has 0 spiro atoms. The summed E-state index contributed by atoms with van der Waals surface area (Å²) in [6.07, 6.45) is 0.637. The molecular formula is C20H24FNO4. The molecule has 26 heavy (non-hydrogen) atoms. The number of benzene rings is 2. The molecule has 1 N–H and O–H groups in total. The lowest BCUT2D eigenvalue weighted by Crippen LogP contribution is -2.13. The Morgan fingerprint density at radius 1 is 1.04 bits per heavy atom. The van der Waals surface area contributed by atoms with Crippen molar-refractivity contribution >= 4 is 11.6 Å². The molecule has 0 saturated carbocycles. The van der Waals surface area contributed by atoms with E-state index < -0.39 is 5.82 Å². The van der Waals surface area contributed by atoms with Crippen LogP contribution in [0.3, 0.4) is 0 Å². The minimum absolute atomic E-state index is 0.184. The van der Waals surface area contributed by atoms with E-state index in [1.54, 1.807) is 30.3 Å². The van der Waals surface area contributed by atoms with Crippen LogP contribution in [0.5, 0.6) is 17.2 Å². The van der Waals surface area contributed by atoms with Crippen molar-refractivity contribution in [3.63, 3.8) is 0 Å². The quantitative estimate of drug-likeness (QED) is 0.727. The van der Waals surface area contributed by atoms with Gasteiger partial charge in [0.2, 0.25) is 5.91 Å². The van der Waals surface area contributed by atoms with E-state index in [-0.39, 0.29) is 18.1 Å². The summed E-state index contributed by atoms with van der Waals surface area (Å²) in [5.74, 6) is 0.805. The molecule has 0 aliphatic heterocycles. The van der Waals surface area contributed by atoms with Crippen molar-refractivity contribution < 1.29 is 23.4 Å². The maximum atomic E-state index is 13.7. The van der Waals surface area contributed by atoms with Crippen LogP contribution in [-0.2, 0) is 11.2 Å². The molecule has 2 rings (SSSR count). The molecule has 0 heterocycles. The molecule has 6 heteroatoms. The van der Waals surface area contributed by atoms with E-state index in [0.29, 0.717) is 36.8 Å². The van der Waals surface area contributed by atoms with Crippen molar-refractivity contribution in [2.75, 3.05) is 25.6 Å². The fourth-order valence-electron chi connectivity index (χ4n) is 2.48. The van der Waals surface area contributed by atoms with Gasteiger partial charge in [-0.25, -0.2) is 4.39 Å². The molecule has 2 aromatic rings. The molecule has 0 saturated heterocycles. The van der Waals surface area contributed by atoms with Crippen LogP contribution in [0, 0.1) is 5.82 Å². The van der Waals surface area contributed by atoms with Crippen molar-refractivity contribution in [1.82, 2.24) is 0 Å². The highest BCUT2D eigenvalue weighted by molar-refractivity contribution is 5.92. The zero-order chi connectivity index (χ0) is 18.9. The van der Waals surface area contributed by atoms with Gasteiger partial charge in [0, 0.05) is 12.5 Å². The average molecular weight is 361 g/mol. The summed E-state index contributed by atoms with van der Waals surface area (Å²) in [4.78, 5) is 12.3. The number of ether oxygens (including phenoxy) is 3. The Hall–Kier alpha value is -2.76. The number of hydrogen-bond donors (Lipinski definition) is 1. The highest BCUT2D eigenvalue weighted by atomic mass is 19.1. The standard InChI is InChI=1S/C20H24FNO4/c1-4-25-15-8-10-19(26-5-2)17(13-15)22-20(23)11-7-14-6-9-18(24-3)16(21)12-14/h6,8-10,12-13H,4-5,7,11H2,1-3H3,(H,22,23). The predicted molar refractivity (Wildman–Crippen MR) is 98.7 cm³/mol. The number of carbonyl (C=O) groups excluding carboxylic acids is 1. The summed E-state index contributed by atoms with van der Waals surface area (Å²) in [7, 11) is 1.41. The van der Waals surface area contributed by atoms with Crippen LogP contribution in [0.15, 0.2) is 36.4 Å². The third-order valence-electron chi connectivity index (χ3n) is 3.69. The summed E-state index contributed by atoms with van der Waals surface area (Å²) >= 11 is 0. The monoisotopic (exact) mass is 361 g/mol. The van der Waals surface area contributed by atoms with Gasteiger partial charge in [-0.05, 0) is 50.1 Å². The molecule has 0 unspecified atom stereocenters. The second-order valence-corrected chi connectivity index (χ2v) is 5.54. The van der Waals surface area contributed by atoms with E-state index in [1.807, 2.05) is 13.8 Å². The molecule has 1 amide bonds. The van der Waals surface area contributed by atoms with Crippen molar-refractivity contribution in [2.24, 2.45) is 0 Å². The molecule has 5 nitrogen and oxygen atoms in total. The first-order chi connectivity index (χ1) is 12.6. The first-order valence-electron chi connectivity index (χ1n) is 8.59. The third kappa shape index (κ3) is 5.37. The highest BCUT2D eigenvalue weighted by Crippen LogP contribution is 2.29. The fraction of sp³-hybridized carbons (Fsp3) is 0.350. The minimum atomic E-state index is -0.437. The van der Waals surface area contributed by atoms with E-state index in [1.165, 1.54) is 13.2 Å². The van der Waals surface area contributed by atoms with E-state index in [2.05, 4.69) is 5.32 Å². The summed E-state index contributed by atoms with van der Waals surface area (Å²) in [5, 5.41) is 2.84. The van der Waals surface area contributed by atoms with E-state index in [9.17, 15) is 9.18 Å². The molecule has 0 fully saturated rings. The molecule has 0 radical (unpaired) electrons. The Morgan fingerprint density at radius 3 is 2.42 bits per heavy atom. The van der Waals surface area contributed by atoms with Gasteiger partial charge in [-0.15, -0.1) is 0 Å². The van der Waals surface area contributed by atoms with Gasteiger partial charge in [0.05, 0.1) is 26.0 Å². The van der Waals surface area contributed by atoms with E-state index >= 15 is 0 Å². The van der Waals surface area contributed by atoms with Crippen molar-refractivity contribution in [3.8, 4) is 17.2 Å². The summed E-state index contributed by atoms with van der Waals surface area (Å²) in [5.41, 5.74) is 1.29. The van der Waals surface area contributed by atoms with Crippen molar-refractivity contribution in [1.29, 1.82) is 0 Å². The second kappa shape index (κ2) is 9.65. The maximum Gasteiger partial charge on any atom is 0.224 e. The van der Waals surface area contributed by atoms with Gasteiger partial charge in [-0.3, -0.25) is 4.79 Å². The van der Waals surface area contributed by atoms with Gasteiger partial charge in [-0.1, -0.05) is 6.07 Å². The molecule has 0 atom stereocenters. The molecule has 0 aliphatic carbocycles. The van der Waals surface area contributed by atoms with Crippen LogP contribution in [0.4, 0.5) is 10.1 Å². The maximum absolute atomic E-state index is 13.7. The fourth-order valence-corrected chi connectivity index (χ4v) is 2.48. The highest BCUT2D eigenvalue weighted by Gasteiger charge is 2.11. The van der Waals surface area contributed by atoms with Gasteiger partial charge in [0.15, 0.2) is 11.6 Å². The Kier molecular flexibility index (Phi) is 7.26. The minimum Gasteiger partial charge on any atom is -0.494 e. The summed E-state index contributed by atoms with van der Waals surface area (Å²) < 4.78 is 29.6. The molecule has 0 aromatic heterocycles. The number of methoxy groups -OCH3 is 1. The van der Waals surface area contributed by atoms with Crippen molar-refractivity contribution in [2.45, 2.75) is 26.7 Å². The zero-order valence-electron chi connectivity index (χ0n) is 15.3. The van der Waals surface area contributed by atoms with Gasteiger partial charge in [0.25, 0.3) is 0 Å². The lowest BCUT2D eigenvalue weighted by atomic mass is 10.1. The van der Waals surface area contributed by atoms with E-state index in [0.717, 1.165) is 5.56 Å². The predicted octanol–water partition coefficient (Wildman–Crippen LogP) is 4.20. The Morgan fingerprint density at radius 2 is 1.77 bits per heavy atom. The van der Waals surface area contributed by atoms with Gasteiger partial charge in [0.1, 0.15) is 11.5 Å². The molecule has 0 aliphatic rings. The normalized spacial score (nSPS) is 10.3. The average Bonchev–Trinajstić information content (AvgIpc) is 2.62. The van der Waals surface area contributed by atoms with Crippen LogP contribution in [0.2, 0.25) is 0 Å². The van der Waals surface area contributed by atoms with Gasteiger partial charge < -0.3 is 19.5 Å². The Bertz CT molecular complexity index is 749. The number of aryl methyl sites for hydroxylation is 1. The van der Waals surface area contributed by atoms with Gasteiger partial charge >= 0.3 is 0 Å². The van der Waals surface area contributed by atoms with Crippen molar-refractivity contribution in [3.05, 3.63) is 47.8 Å². The largest absolute Gasteiger partial charge is 0.494 e. The first kappa shape index (κ1) is 19.6. The number of amides is 1. The zero-order valence-corrected chi connectivity index (χ0v) is 15.3. The third-order valence-corrected chi connectivity index (χ3v) is 3.69. The molecule has 140 valence electrons. The smallest absolute Gasteiger partial charge is 0.224 e. The van der Waals surface area contributed by atoms with Crippen LogP contribution in [0.1, 0.15) is 25.8 Å². The molecular weight excluding hydrogens is 337 g/mol. The SMILES string of the molecule is CCOc1ccc(OCC)c(NC(=O)CCc2ccc(OC)c(F)c2)c1.